The Hall–Kier alpha value is -3.63. The lowest BCUT2D eigenvalue weighted by molar-refractivity contribution is -0.384. The molecule has 4 rings (SSSR count). The molecule has 1 fully saturated rings. The van der Waals surface area contributed by atoms with Crippen molar-refractivity contribution in [2.45, 2.75) is 18.8 Å². The summed E-state index contributed by atoms with van der Waals surface area (Å²) in [6, 6.07) is 11.3. The maximum Gasteiger partial charge on any atom is 0.269 e. The fraction of sp³-hybridized carbons (Fsp3) is 0.304. The van der Waals surface area contributed by atoms with E-state index in [-0.39, 0.29) is 29.9 Å². The van der Waals surface area contributed by atoms with E-state index in [9.17, 15) is 14.9 Å². The van der Waals surface area contributed by atoms with Crippen molar-refractivity contribution in [1.82, 2.24) is 15.1 Å². The van der Waals surface area contributed by atoms with Gasteiger partial charge in [0.2, 0.25) is 0 Å². The Bertz CT molecular complexity index is 1140. The zero-order valence-electron chi connectivity index (χ0n) is 18.8. The Morgan fingerprint density at radius 1 is 1.12 bits per heavy atom. The Morgan fingerprint density at radius 3 is 2.29 bits per heavy atom. The predicted octanol–water partition coefficient (Wildman–Crippen LogP) is 3.94. The van der Waals surface area contributed by atoms with Crippen LogP contribution in [0, 0.1) is 10.1 Å². The van der Waals surface area contributed by atoms with Gasteiger partial charge in [-0.05, 0) is 38.1 Å². The van der Waals surface area contributed by atoms with Crippen LogP contribution in [0.25, 0.3) is 5.69 Å². The van der Waals surface area contributed by atoms with Gasteiger partial charge in [0.1, 0.15) is 11.5 Å². The monoisotopic (exact) mass is 487 g/mol. The highest BCUT2D eigenvalue weighted by atomic mass is 35.5. The number of nitro groups is 1. The number of amides is 1. The number of piperidine rings is 1. The molecule has 0 radical (unpaired) electrons. The first kappa shape index (κ1) is 25.0. The molecule has 34 heavy (non-hydrogen) atoms. The van der Waals surface area contributed by atoms with E-state index < -0.39 is 4.92 Å². The number of anilines is 1. The van der Waals surface area contributed by atoms with Crippen LogP contribution < -0.4 is 20.1 Å². The molecule has 1 aromatic heterocycles. The minimum absolute atomic E-state index is 0. The summed E-state index contributed by atoms with van der Waals surface area (Å²) < 4.78 is 12.3. The standard InChI is InChI=1S/C23H25N5O5.ClH/c1-32-19-11-16(12-20(13-19)33-2)26-23(29)21-14-25-27(22(21)15-7-9-24-10-8-15)17-3-5-18(6-4-17)28(30)31;/h3-6,11-15,24H,7-10H2,1-2H3,(H,26,29);1H. The van der Waals surface area contributed by atoms with E-state index in [1.807, 2.05) is 0 Å². The normalized spacial score (nSPS) is 13.6. The molecule has 2 heterocycles. The number of hydrogen-bond donors (Lipinski definition) is 2. The molecule has 10 nitrogen and oxygen atoms in total. The number of aromatic nitrogens is 2. The zero-order valence-corrected chi connectivity index (χ0v) is 19.6. The van der Waals surface area contributed by atoms with Gasteiger partial charge in [0, 0.05) is 41.9 Å². The van der Waals surface area contributed by atoms with Crippen molar-refractivity contribution in [2.75, 3.05) is 32.6 Å². The summed E-state index contributed by atoms with van der Waals surface area (Å²) in [5.41, 5.74) is 2.45. The maximum atomic E-state index is 13.3. The second-order valence-electron chi connectivity index (χ2n) is 7.71. The molecule has 180 valence electrons. The van der Waals surface area contributed by atoms with Crippen molar-refractivity contribution >= 4 is 29.7 Å². The lowest BCUT2D eigenvalue weighted by Gasteiger charge is -2.24. The highest BCUT2D eigenvalue weighted by molar-refractivity contribution is 6.05. The van der Waals surface area contributed by atoms with Crippen LogP contribution >= 0.6 is 12.4 Å². The number of carbonyl (C=O) groups is 1. The van der Waals surface area contributed by atoms with Gasteiger partial charge in [0.15, 0.2) is 0 Å². The van der Waals surface area contributed by atoms with E-state index >= 15 is 0 Å². The van der Waals surface area contributed by atoms with E-state index in [0.29, 0.717) is 28.4 Å². The number of hydrogen-bond acceptors (Lipinski definition) is 7. The molecule has 3 aromatic rings. The first-order chi connectivity index (χ1) is 16.0. The lowest BCUT2D eigenvalue weighted by atomic mass is 9.91. The second-order valence-corrected chi connectivity index (χ2v) is 7.71. The molecule has 0 unspecified atom stereocenters. The average molecular weight is 488 g/mol. The maximum absolute atomic E-state index is 13.3. The van der Waals surface area contributed by atoms with Crippen molar-refractivity contribution in [1.29, 1.82) is 0 Å². The number of nitrogens with zero attached hydrogens (tertiary/aromatic N) is 3. The van der Waals surface area contributed by atoms with E-state index in [4.69, 9.17) is 9.47 Å². The molecule has 0 bridgehead atoms. The van der Waals surface area contributed by atoms with Crippen molar-refractivity contribution in [3.05, 3.63) is 70.0 Å². The molecule has 1 aliphatic heterocycles. The molecule has 11 heteroatoms. The highest BCUT2D eigenvalue weighted by Crippen LogP contribution is 2.32. The van der Waals surface area contributed by atoms with Gasteiger partial charge < -0.3 is 20.1 Å². The fourth-order valence-electron chi connectivity index (χ4n) is 4.02. The summed E-state index contributed by atoms with van der Waals surface area (Å²) >= 11 is 0. The molecular formula is C23H26ClN5O5. The number of benzene rings is 2. The predicted molar refractivity (Wildman–Crippen MR) is 130 cm³/mol. The van der Waals surface area contributed by atoms with Gasteiger partial charge in [-0.1, -0.05) is 0 Å². The first-order valence-electron chi connectivity index (χ1n) is 10.6. The van der Waals surface area contributed by atoms with Gasteiger partial charge in [-0.25, -0.2) is 4.68 Å². The van der Waals surface area contributed by atoms with E-state index in [0.717, 1.165) is 31.6 Å². The minimum atomic E-state index is -0.443. The quantitative estimate of drug-likeness (QED) is 0.382. The van der Waals surface area contributed by atoms with Gasteiger partial charge in [0.25, 0.3) is 11.6 Å². The van der Waals surface area contributed by atoms with Crippen molar-refractivity contribution in [3.63, 3.8) is 0 Å². The molecule has 1 amide bonds. The van der Waals surface area contributed by atoms with E-state index in [2.05, 4.69) is 15.7 Å². The molecule has 2 N–H and O–H groups in total. The van der Waals surface area contributed by atoms with Crippen LogP contribution in [-0.2, 0) is 0 Å². The van der Waals surface area contributed by atoms with Crippen LogP contribution in [-0.4, -0.2) is 47.9 Å². The van der Waals surface area contributed by atoms with Crippen LogP contribution in [0.15, 0.2) is 48.7 Å². The molecule has 0 atom stereocenters. The summed E-state index contributed by atoms with van der Waals surface area (Å²) in [7, 11) is 3.09. The van der Waals surface area contributed by atoms with Crippen LogP contribution in [0.5, 0.6) is 11.5 Å². The van der Waals surface area contributed by atoms with Gasteiger partial charge in [0.05, 0.1) is 42.3 Å². The second kappa shape index (κ2) is 11.0. The van der Waals surface area contributed by atoms with Crippen LogP contribution in [0.1, 0.15) is 34.8 Å². The summed E-state index contributed by atoms with van der Waals surface area (Å²) in [5, 5.41) is 21.8. The number of rotatable bonds is 7. The molecule has 0 saturated carbocycles. The van der Waals surface area contributed by atoms with Crippen molar-refractivity contribution in [3.8, 4) is 17.2 Å². The largest absolute Gasteiger partial charge is 0.497 e. The van der Waals surface area contributed by atoms with Gasteiger partial charge in [-0.15, -0.1) is 12.4 Å². The molecule has 1 saturated heterocycles. The molecule has 0 aliphatic carbocycles. The zero-order chi connectivity index (χ0) is 23.4. The summed E-state index contributed by atoms with van der Waals surface area (Å²) in [6.07, 6.45) is 3.25. The van der Waals surface area contributed by atoms with E-state index in [1.165, 1.54) is 12.1 Å². The minimum Gasteiger partial charge on any atom is -0.497 e. The summed E-state index contributed by atoms with van der Waals surface area (Å²) in [6.45, 7) is 1.68. The number of methoxy groups -OCH3 is 2. The van der Waals surface area contributed by atoms with Crippen LogP contribution in [0.2, 0.25) is 0 Å². The van der Waals surface area contributed by atoms with Gasteiger partial charge >= 0.3 is 0 Å². The van der Waals surface area contributed by atoms with Crippen LogP contribution in [0.3, 0.4) is 0 Å². The lowest BCUT2D eigenvalue weighted by Crippen LogP contribution is -2.29. The number of carbonyl (C=O) groups excluding carboxylic acids is 1. The third-order valence-corrected chi connectivity index (χ3v) is 5.69. The van der Waals surface area contributed by atoms with Crippen molar-refractivity contribution in [2.24, 2.45) is 0 Å². The highest BCUT2D eigenvalue weighted by Gasteiger charge is 2.27. The topological polar surface area (TPSA) is 121 Å². The Kier molecular flexibility index (Phi) is 8.08. The molecular weight excluding hydrogens is 462 g/mol. The summed E-state index contributed by atoms with van der Waals surface area (Å²) in [5.74, 6) is 0.936. The average Bonchev–Trinajstić information content (AvgIpc) is 3.29. The number of halogens is 1. The van der Waals surface area contributed by atoms with Gasteiger partial charge in [-0.3, -0.25) is 14.9 Å². The number of ether oxygens (including phenoxy) is 2. The Balaban J connectivity index is 0.00000324. The Labute approximate surface area is 202 Å². The van der Waals surface area contributed by atoms with Gasteiger partial charge in [-0.2, -0.15) is 5.10 Å². The third-order valence-electron chi connectivity index (χ3n) is 5.69. The number of nitro benzene ring substituents is 1. The fourth-order valence-corrected chi connectivity index (χ4v) is 4.02. The molecule has 1 aliphatic rings. The Morgan fingerprint density at radius 2 is 1.74 bits per heavy atom. The number of non-ortho nitro benzene ring substituents is 1. The molecule has 2 aromatic carbocycles. The summed E-state index contributed by atoms with van der Waals surface area (Å²) in [4.78, 5) is 23.9. The SMILES string of the molecule is COc1cc(NC(=O)c2cnn(-c3ccc([N+](=O)[O-])cc3)c2C2CCNCC2)cc(OC)c1.Cl. The van der Waals surface area contributed by atoms with E-state index in [1.54, 1.807) is 55.4 Å². The van der Waals surface area contributed by atoms with Crippen molar-refractivity contribution < 1.29 is 19.2 Å². The molecule has 0 spiro atoms. The smallest absolute Gasteiger partial charge is 0.269 e. The first-order valence-corrected chi connectivity index (χ1v) is 10.6. The van der Waals surface area contributed by atoms with Crippen LogP contribution in [0.4, 0.5) is 11.4 Å². The third kappa shape index (κ3) is 5.29. The number of nitrogens with one attached hydrogen (secondary N) is 2.